The molecule has 0 saturated carbocycles. The summed E-state index contributed by atoms with van der Waals surface area (Å²) in [5.74, 6) is -1.26. The van der Waals surface area contributed by atoms with Crippen molar-refractivity contribution in [3.8, 4) is 0 Å². The Hall–Kier alpha value is -1.03. The molecule has 1 aliphatic rings. The minimum atomic E-state index is -4.09. The number of rotatable bonds is 2. The van der Waals surface area contributed by atoms with Crippen molar-refractivity contribution in [2.75, 3.05) is 13.1 Å². The Morgan fingerprint density at radius 2 is 2.00 bits per heavy atom. The molecule has 4 heteroatoms. The standard InChI is InChI=1S/C14H18F3N/c1-10-3-4-13-9-18(6-5-12(13)7-10)8-11(2)14(15,16)17/h3-4,7,11H,5-6,8-9H2,1-2H3. The molecule has 18 heavy (non-hydrogen) atoms. The first-order chi connectivity index (χ1) is 8.36. The number of halogens is 3. The molecule has 1 nitrogen and oxygen atoms in total. The Bertz CT molecular complexity index is 426. The molecule has 1 aromatic rings. The van der Waals surface area contributed by atoms with E-state index in [1.165, 1.54) is 23.6 Å². The van der Waals surface area contributed by atoms with Crippen LogP contribution in [0.2, 0.25) is 0 Å². The SMILES string of the molecule is Cc1ccc2c(c1)CCN(CC(C)C(F)(F)F)C2. The van der Waals surface area contributed by atoms with Crippen LogP contribution < -0.4 is 0 Å². The van der Waals surface area contributed by atoms with E-state index in [2.05, 4.69) is 6.07 Å². The molecule has 0 spiro atoms. The third-order valence-corrected chi connectivity index (χ3v) is 3.54. The van der Waals surface area contributed by atoms with Crippen LogP contribution in [0, 0.1) is 12.8 Å². The second-order valence-corrected chi connectivity index (χ2v) is 5.20. The summed E-state index contributed by atoms with van der Waals surface area (Å²) in [7, 11) is 0. The smallest absolute Gasteiger partial charge is 0.298 e. The molecule has 1 unspecified atom stereocenters. The fourth-order valence-electron chi connectivity index (χ4n) is 2.39. The number of benzene rings is 1. The second kappa shape index (κ2) is 4.92. The summed E-state index contributed by atoms with van der Waals surface area (Å²) in [5.41, 5.74) is 3.66. The monoisotopic (exact) mass is 257 g/mol. The molecule has 1 atom stereocenters. The van der Waals surface area contributed by atoms with E-state index in [0.29, 0.717) is 6.54 Å². The minimum Gasteiger partial charge on any atom is -0.298 e. The van der Waals surface area contributed by atoms with Gasteiger partial charge in [-0.2, -0.15) is 13.2 Å². The molecule has 1 heterocycles. The molecule has 2 rings (SSSR count). The van der Waals surface area contributed by atoms with Gasteiger partial charge in [-0.15, -0.1) is 0 Å². The maximum atomic E-state index is 12.5. The number of hydrogen-bond acceptors (Lipinski definition) is 1. The van der Waals surface area contributed by atoms with E-state index in [1.54, 1.807) is 0 Å². The highest BCUT2D eigenvalue weighted by Gasteiger charge is 2.37. The normalized spacial score (nSPS) is 18.5. The zero-order chi connectivity index (χ0) is 13.3. The molecule has 0 amide bonds. The molecule has 0 bridgehead atoms. The molecule has 1 aromatic carbocycles. The van der Waals surface area contributed by atoms with E-state index >= 15 is 0 Å². The highest BCUT2D eigenvalue weighted by Crippen LogP contribution is 2.28. The Kier molecular flexibility index (Phi) is 3.66. The first-order valence-electron chi connectivity index (χ1n) is 6.24. The van der Waals surface area contributed by atoms with Crippen LogP contribution in [0.4, 0.5) is 13.2 Å². The Morgan fingerprint density at radius 3 is 2.67 bits per heavy atom. The quantitative estimate of drug-likeness (QED) is 0.783. The van der Waals surface area contributed by atoms with Gasteiger partial charge in [0.15, 0.2) is 0 Å². The fourth-order valence-corrected chi connectivity index (χ4v) is 2.39. The van der Waals surface area contributed by atoms with Gasteiger partial charge in [-0.3, -0.25) is 4.90 Å². The Balaban J connectivity index is 2.02. The summed E-state index contributed by atoms with van der Waals surface area (Å²) in [6, 6.07) is 6.20. The van der Waals surface area contributed by atoms with Crippen molar-refractivity contribution in [1.29, 1.82) is 0 Å². The van der Waals surface area contributed by atoms with Gasteiger partial charge in [0, 0.05) is 19.6 Å². The molecule has 0 fully saturated rings. The van der Waals surface area contributed by atoms with Crippen molar-refractivity contribution in [2.24, 2.45) is 5.92 Å². The van der Waals surface area contributed by atoms with Crippen LogP contribution in [-0.2, 0) is 13.0 Å². The van der Waals surface area contributed by atoms with Gasteiger partial charge in [-0.05, 0) is 24.5 Å². The highest BCUT2D eigenvalue weighted by atomic mass is 19.4. The number of aryl methyl sites for hydroxylation is 1. The minimum absolute atomic E-state index is 0.0941. The van der Waals surface area contributed by atoms with Gasteiger partial charge in [-0.25, -0.2) is 0 Å². The fraction of sp³-hybridized carbons (Fsp3) is 0.571. The zero-order valence-electron chi connectivity index (χ0n) is 10.7. The van der Waals surface area contributed by atoms with Crippen molar-refractivity contribution >= 4 is 0 Å². The van der Waals surface area contributed by atoms with Gasteiger partial charge >= 0.3 is 6.18 Å². The molecule has 0 aromatic heterocycles. The Labute approximate surface area is 106 Å². The molecule has 0 saturated heterocycles. The lowest BCUT2D eigenvalue weighted by atomic mass is 9.97. The zero-order valence-corrected chi connectivity index (χ0v) is 10.7. The highest BCUT2D eigenvalue weighted by molar-refractivity contribution is 5.33. The summed E-state index contributed by atoms with van der Waals surface area (Å²) in [6.07, 6.45) is -3.24. The maximum absolute atomic E-state index is 12.5. The van der Waals surface area contributed by atoms with E-state index in [4.69, 9.17) is 0 Å². The first kappa shape index (κ1) is 13.4. The van der Waals surface area contributed by atoms with Gasteiger partial charge < -0.3 is 0 Å². The van der Waals surface area contributed by atoms with E-state index in [9.17, 15) is 13.2 Å². The average Bonchev–Trinajstić information content (AvgIpc) is 2.28. The van der Waals surface area contributed by atoms with Crippen LogP contribution in [0.5, 0.6) is 0 Å². The van der Waals surface area contributed by atoms with Crippen molar-refractivity contribution < 1.29 is 13.2 Å². The third kappa shape index (κ3) is 3.05. The van der Waals surface area contributed by atoms with Gasteiger partial charge in [0.1, 0.15) is 0 Å². The summed E-state index contributed by atoms with van der Waals surface area (Å²) < 4.78 is 37.6. The largest absolute Gasteiger partial charge is 0.392 e. The predicted octanol–water partition coefficient (Wildman–Crippen LogP) is 3.55. The maximum Gasteiger partial charge on any atom is 0.392 e. The van der Waals surface area contributed by atoms with Crippen LogP contribution in [0.1, 0.15) is 23.6 Å². The molecule has 1 aliphatic heterocycles. The van der Waals surface area contributed by atoms with Crippen molar-refractivity contribution in [3.63, 3.8) is 0 Å². The van der Waals surface area contributed by atoms with Gasteiger partial charge in [0.25, 0.3) is 0 Å². The predicted molar refractivity (Wildman–Crippen MR) is 65.4 cm³/mol. The molecular formula is C14H18F3N. The summed E-state index contributed by atoms with van der Waals surface area (Å²) in [4.78, 5) is 1.90. The average molecular weight is 257 g/mol. The number of nitrogens with zero attached hydrogens (tertiary/aromatic N) is 1. The van der Waals surface area contributed by atoms with Crippen LogP contribution in [0.3, 0.4) is 0 Å². The van der Waals surface area contributed by atoms with Crippen molar-refractivity contribution in [1.82, 2.24) is 4.90 Å². The lowest BCUT2D eigenvalue weighted by Gasteiger charge is -2.31. The molecule has 0 N–H and O–H groups in total. The summed E-state index contributed by atoms with van der Waals surface area (Å²) >= 11 is 0. The lowest BCUT2D eigenvalue weighted by molar-refractivity contribution is -0.174. The van der Waals surface area contributed by atoms with Crippen LogP contribution in [-0.4, -0.2) is 24.2 Å². The number of hydrogen-bond donors (Lipinski definition) is 0. The van der Waals surface area contributed by atoms with E-state index in [0.717, 1.165) is 13.0 Å². The molecule has 0 radical (unpaired) electrons. The lowest BCUT2D eigenvalue weighted by Crippen LogP contribution is -2.38. The van der Waals surface area contributed by atoms with E-state index in [-0.39, 0.29) is 6.54 Å². The topological polar surface area (TPSA) is 3.24 Å². The summed E-state index contributed by atoms with van der Waals surface area (Å²) in [6.45, 7) is 4.74. The third-order valence-electron chi connectivity index (χ3n) is 3.54. The van der Waals surface area contributed by atoms with Crippen LogP contribution in [0.25, 0.3) is 0 Å². The van der Waals surface area contributed by atoms with Gasteiger partial charge in [0.05, 0.1) is 5.92 Å². The number of alkyl halides is 3. The van der Waals surface area contributed by atoms with Crippen LogP contribution >= 0.6 is 0 Å². The number of fused-ring (bicyclic) bond motifs is 1. The van der Waals surface area contributed by atoms with Crippen molar-refractivity contribution in [3.05, 3.63) is 34.9 Å². The summed E-state index contributed by atoms with van der Waals surface area (Å²) in [5, 5.41) is 0. The second-order valence-electron chi connectivity index (χ2n) is 5.20. The van der Waals surface area contributed by atoms with Crippen LogP contribution in [0.15, 0.2) is 18.2 Å². The Morgan fingerprint density at radius 1 is 1.28 bits per heavy atom. The van der Waals surface area contributed by atoms with Gasteiger partial charge in [-0.1, -0.05) is 30.7 Å². The molecule has 100 valence electrons. The van der Waals surface area contributed by atoms with Gasteiger partial charge in [0.2, 0.25) is 0 Å². The van der Waals surface area contributed by atoms with E-state index in [1.807, 2.05) is 24.0 Å². The van der Waals surface area contributed by atoms with Crippen molar-refractivity contribution in [2.45, 2.75) is 33.0 Å². The first-order valence-corrected chi connectivity index (χ1v) is 6.24. The van der Waals surface area contributed by atoms with E-state index < -0.39 is 12.1 Å². The molecule has 0 aliphatic carbocycles. The molecular weight excluding hydrogens is 239 g/mol.